The minimum atomic E-state index is 0.291. The molecular weight excluding hydrogens is 200 g/mol. The van der Waals surface area contributed by atoms with Gasteiger partial charge in [0.1, 0.15) is 0 Å². The minimum absolute atomic E-state index is 0.291. The summed E-state index contributed by atoms with van der Waals surface area (Å²) >= 11 is 0. The van der Waals surface area contributed by atoms with Crippen molar-refractivity contribution in [1.82, 2.24) is 10.2 Å². The first-order chi connectivity index (χ1) is 7.56. The molecule has 1 aliphatic rings. The molecule has 0 aromatic carbocycles. The monoisotopic (exact) mass is 226 g/mol. The summed E-state index contributed by atoms with van der Waals surface area (Å²) in [7, 11) is 0. The van der Waals surface area contributed by atoms with Crippen molar-refractivity contribution < 1.29 is 4.79 Å². The van der Waals surface area contributed by atoms with Crippen molar-refractivity contribution >= 4 is 5.91 Å². The molecule has 1 rings (SSSR count). The Balaban J connectivity index is 2.50. The Morgan fingerprint density at radius 2 is 1.94 bits per heavy atom. The van der Waals surface area contributed by atoms with E-state index in [-0.39, 0.29) is 0 Å². The fourth-order valence-electron chi connectivity index (χ4n) is 2.70. The fraction of sp³-hybridized carbons (Fsp3) is 0.923. The van der Waals surface area contributed by atoms with Gasteiger partial charge in [0, 0.05) is 24.5 Å². The highest BCUT2D eigenvalue weighted by Gasteiger charge is 2.29. The zero-order valence-corrected chi connectivity index (χ0v) is 11.1. The first-order valence-electron chi connectivity index (χ1n) is 6.60. The maximum absolute atomic E-state index is 12.2. The molecule has 0 spiro atoms. The Hall–Kier alpha value is -0.570. The maximum Gasteiger partial charge on any atom is 0.224 e. The van der Waals surface area contributed by atoms with E-state index in [9.17, 15) is 4.79 Å². The van der Waals surface area contributed by atoms with Crippen molar-refractivity contribution in [3.05, 3.63) is 0 Å². The van der Waals surface area contributed by atoms with E-state index in [4.69, 9.17) is 0 Å². The number of nitrogens with one attached hydrogen (secondary N) is 1. The number of piperidine rings is 1. The SMILES string of the molecule is CCNC(C)CC(=O)N1C(C)CCCC1C. The zero-order chi connectivity index (χ0) is 12.1. The number of carbonyl (C=O) groups excluding carboxylic acids is 1. The van der Waals surface area contributed by atoms with Crippen LogP contribution in [0.3, 0.4) is 0 Å². The molecule has 1 heterocycles. The van der Waals surface area contributed by atoms with E-state index in [2.05, 4.69) is 37.9 Å². The average molecular weight is 226 g/mol. The molecule has 1 N–H and O–H groups in total. The van der Waals surface area contributed by atoms with Crippen LogP contribution < -0.4 is 5.32 Å². The molecule has 0 aromatic rings. The van der Waals surface area contributed by atoms with E-state index < -0.39 is 0 Å². The van der Waals surface area contributed by atoms with Gasteiger partial charge >= 0.3 is 0 Å². The Labute approximate surface area is 99.6 Å². The van der Waals surface area contributed by atoms with Gasteiger partial charge in [0.25, 0.3) is 0 Å². The Morgan fingerprint density at radius 1 is 1.38 bits per heavy atom. The highest BCUT2D eigenvalue weighted by atomic mass is 16.2. The first kappa shape index (κ1) is 13.5. The fourth-order valence-corrected chi connectivity index (χ4v) is 2.70. The average Bonchev–Trinajstić information content (AvgIpc) is 2.17. The van der Waals surface area contributed by atoms with Gasteiger partial charge in [0.15, 0.2) is 0 Å². The second kappa shape index (κ2) is 6.24. The van der Waals surface area contributed by atoms with Crippen LogP contribution in [0.1, 0.15) is 53.4 Å². The number of amides is 1. The van der Waals surface area contributed by atoms with E-state index >= 15 is 0 Å². The summed E-state index contributed by atoms with van der Waals surface area (Å²) in [4.78, 5) is 14.3. The van der Waals surface area contributed by atoms with Crippen molar-refractivity contribution in [1.29, 1.82) is 0 Å². The molecule has 3 unspecified atom stereocenters. The Kier molecular flexibility index (Phi) is 5.26. The third-order valence-electron chi connectivity index (χ3n) is 3.51. The lowest BCUT2D eigenvalue weighted by Gasteiger charge is -2.39. The standard InChI is InChI=1S/C13H26N2O/c1-5-14-10(2)9-13(16)15-11(3)7-6-8-12(15)4/h10-12,14H,5-9H2,1-4H3. The summed E-state index contributed by atoms with van der Waals surface area (Å²) in [5, 5.41) is 3.30. The van der Waals surface area contributed by atoms with Crippen molar-refractivity contribution in [3.63, 3.8) is 0 Å². The van der Waals surface area contributed by atoms with Crippen molar-refractivity contribution in [2.75, 3.05) is 6.54 Å². The summed E-state index contributed by atoms with van der Waals surface area (Å²) in [6, 6.07) is 1.13. The van der Waals surface area contributed by atoms with Crippen molar-refractivity contribution in [2.24, 2.45) is 0 Å². The highest BCUT2D eigenvalue weighted by Crippen LogP contribution is 2.23. The topological polar surface area (TPSA) is 32.3 Å². The summed E-state index contributed by atoms with van der Waals surface area (Å²) in [5.41, 5.74) is 0. The molecule has 3 atom stereocenters. The van der Waals surface area contributed by atoms with Crippen molar-refractivity contribution in [3.8, 4) is 0 Å². The van der Waals surface area contributed by atoms with Crippen molar-refractivity contribution in [2.45, 2.75) is 71.5 Å². The summed E-state index contributed by atoms with van der Waals surface area (Å²) < 4.78 is 0. The largest absolute Gasteiger partial charge is 0.337 e. The van der Waals surface area contributed by atoms with Gasteiger partial charge in [-0.2, -0.15) is 0 Å². The number of hydrogen-bond donors (Lipinski definition) is 1. The molecular formula is C13H26N2O. The van der Waals surface area contributed by atoms with Gasteiger partial charge < -0.3 is 10.2 Å². The molecule has 1 amide bonds. The molecule has 0 radical (unpaired) electrons. The molecule has 1 fully saturated rings. The predicted octanol–water partition coefficient (Wildman–Crippen LogP) is 2.16. The number of likely N-dealkylation sites (tertiary alicyclic amines) is 1. The predicted molar refractivity (Wildman–Crippen MR) is 67.4 cm³/mol. The smallest absolute Gasteiger partial charge is 0.224 e. The summed E-state index contributed by atoms with van der Waals surface area (Å²) in [6.45, 7) is 9.43. The van der Waals surface area contributed by atoms with Crippen LogP contribution in [0, 0.1) is 0 Å². The molecule has 0 saturated carbocycles. The van der Waals surface area contributed by atoms with Gasteiger partial charge in [0.05, 0.1) is 0 Å². The van der Waals surface area contributed by atoms with Crippen LogP contribution in [-0.2, 0) is 4.79 Å². The van der Waals surface area contributed by atoms with Gasteiger partial charge in [0.2, 0.25) is 5.91 Å². The molecule has 3 heteroatoms. The van der Waals surface area contributed by atoms with Gasteiger partial charge in [-0.05, 0) is 46.6 Å². The quantitative estimate of drug-likeness (QED) is 0.796. The lowest BCUT2D eigenvalue weighted by atomic mass is 9.96. The van der Waals surface area contributed by atoms with E-state index in [1.807, 2.05) is 0 Å². The molecule has 0 bridgehead atoms. The van der Waals surface area contributed by atoms with Crippen LogP contribution in [-0.4, -0.2) is 35.5 Å². The third kappa shape index (κ3) is 3.48. The molecule has 0 aromatic heterocycles. The van der Waals surface area contributed by atoms with Crippen LogP contribution in [0.4, 0.5) is 0 Å². The van der Waals surface area contributed by atoms with Crippen LogP contribution in [0.2, 0.25) is 0 Å². The van der Waals surface area contributed by atoms with Gasteiger partial charge in [-0.15, -0.1) is 0 Å². The van der Waals surface area contributed by atoms with Gasteiger partial charge in [-0.1, -0.05) is 6.92 Å². The van der Waals surface area contributed by atoms with E-state index in [1.54, 1.807) is 0 Å². The highest BCUT2D eigenvalue weighted by molar-refractivity contribution is 5.77. The summed E-state index contributed by atoms with van der Waals surface area (Å²) in [6.07, 6.45) is 4.20. The second-order valence-corrected chi connectivity index (χ2v) is 5.09. The van der Waals surface area contributed by atoms with Crippen LogP contribution >= 0.6 is 0 Å². The summed E-state index contributed by atoms with van der Waals surface area (Å²) in [5.74, 6) is 0.313. The normalized spacial score (nSPS) is 27.9. The van der Waals surface area contributed by atoms with Crippen LogP contribution in [0.5, 0.6) is 0 Å². The minimum Gasteiger partial charge on any atom is -0.337 e. The Bertz CT molecular complexity index is 220. The lowest BCUT2D eigenvalue weighted by Crippen LogP contribution is -2.49. The second-order valence-electron chi connectivity index (χ2n) is 5.09. The van der Waals surface area contributed by atoms with Gasteiger partial charge in [-0.25, -0.2) is 0 Å². The number of rotatable bonds is 4. The third-order valence-corrected chi connectivity index (χ3v) is 3.51. The van der Waals surface area contributed by atoms with E-state index in [1.165, 1.54) is 6.42 Å². The van der Waals surface area contributed by atoms with Crippen LogP contribution in [0.25, 0.3) is 0 Å². The van der Waals surface area contributed by atoms with Crippen LogP contribution in [0.15, 0.2) is 0 Å². The zero-order valence-electron chi connectivity index (χ0n) is 11.1. The van der Waals surface area contributed by atoms with E-state index in [0.717, 1.165) is 19.4 Å². The molecule has 3 nitrogen and oxygen atoms in total. The molecule has 1 aliphatic heterocycles. The molecule has 1 saturated heterocycles. The molecule has 0 aliphatic carbocycles. The number of hydrogen-bond acceptors (Lipinski definition) is 2. The number of nitrogens with zero attached hydrogens (tertiary/aromatic N) is 1. The molecule has 16 heavy (non-hydrogen) atoms. The lowest BCUT2D eigenvalue weighted by molar-refractivity contribution is -0.137. The Morgan fingerprint density at radius 3 is 2.44 bits per heavy atom. The van der Waals surface area contributed by atoms with E-state index in [0.29, 0.717) is 30.5 Å². The maximum atomic E-state index is 12.2. The first-order valence-corrected chi connectivity index (χ1v) is 6.60. The molecule has 94 valence electrons. The number of carbonyl (C=O) groups is 1. The van der Waals surface area contributed by atoms with Gasteiger partial charge in [-0.3, -0.25) is 4.79 Å².